The third-order valence-electron chi connectivity index (χ3n) is 1.48. The monoisotopic (exact) mass is 187 g/mol. The Kier molecular flexibility index (Phi) is 4.07. The van der Waals surface area contributed by atoms with E-state index in [0.29, 0.717) is 11.3 Å². The third kappa shape index (κ3) is 3.18. The van der Waals surface area contributed by atoms with E-state index in [4.69, 9.17) is 15.1 Å². The largest absolute Gasteiger partial charge is 0.481 e. The second-order valence-electron chi connectivity index (χ2n) is 2.44. The van der Waals surface area contributed by atoms with Crippen LogP contribution in [0, 0.1) is 23.2 Å². The summed E-state index contributed by atoms with van der Waals surface area (Å²) in [5.74, 6) is 5.69. The Morgan fingerprint density at radius 2 is 2.21 bits per heavy atom. The Morgan fingerprint density at radius 3 is 2.93 bits per heavy atom. The molecule has 0 spiro atoms. The smallest absolute Gasteiger partial charge is 0.149 e. The molecule has 0 aliphatic heterocycles. The van der Waals surface area contributed by atoms with Crippen LogP contribution in [0.15, 0.2) is 24.3 Å². The molecule has 70 valence electrons. The molecule has 0 saturated heterocycles. The Balaban J connectivity index is 2.55. The summed E-state index contributed by atoms with van der Waals surface area (Å²) < 4.78 is 5.21. The number of aliphatic hydroxyl groups is 1. The highest BCUT2D eigenvalue weighted by Crippen LogP contribution is 2.11. The minimum atomic E-state index is -0.165. The van der Waals surface area contributed by atoms with Crippen molar-refractivity contribution in [1.29, 1.82) is 5.26 Å². The molecule has 1 aromatic carbocycles. The molecule has 0 aliphatic rings. The van der Waals surface area contributed by atoms with Gasteiger partial charge in [-0.25, -0.2) is 0 Å². The Morgan fingerprint density at radius 1 is 1.36 bits per heavy atom. The topological polar surface area (TPSA) is 53.2 Å². The van der Waals surface area contributed by atoms with Gasteiger partial charge in [-0.3, -0.25) is 0 Å². The zero-order valence-corrected chi connectivity index (χ0v) is 7.53. The predicted octanol–water partition coefficient (Wildman–Crippen LogP) is 0.933. The van der Waals surface area contributed by atoms with Gasteiger partial charge in [-0.1, -0.05) is 17.9 Å². The lowest BCUT2D eigenvalue weighted by molar-refractivity contribution is 0.347. The van der Waals surface area contributed by atoms with Crippen molar-refractivity contribution in [3.63, 3.8) is 0 Å². The lowest BCUT2D eigenvalue weighted by atomic mass is 10.2. The minimum Gasteiger partial charge on any atom is -0.481 e. The van der Waals surface area contributed by atoms with E-state index in [0.717, 1.165) is 0 Å². The first-order valence-electron chi connectivity index (χ1n) is 4.06. The molecule has 0 fully saturated rings. The molecule has 0 atom stereocenters. The van der Waals surface area contributed by atoms with E-state index in [1.807, 2.05) is 6.07 Å². The van der Waals surface area contributed by atoms with Gasteiger partial charge in [0.15, 0.2) is 0 Å². The molecule has 0 aromatic heterocycles. The van der Waals surface area contributed by atoms with E-state index >= 15 is 0 Å². The van der Waals surface area contributed by atoms with E-state index in [1.54, 1.807) is 24.3 Å². The van der Waals surface area contributed by atoms with Crippen LogP contribution in [-0.2, 0) is 0 Å². The number of nitrogens with zero attached hydrogens (tertiary/aromatic N) is 1. The van der Waals surface area contributed by atoms with Crippen LogP contribution in [0.2, 0.25) is 0 Å². The van der Waals surface area contributed by atoms with Gasteiger partial charge >= 0.3 is 0 Å². The molecule has 0 radical (unpaired) electrons. The molecule has 1 rings (SSSR count). The molecule has 0 bridgehead atoms. The van der Waals surface area contributed by atoms with E-state index in [1.165, 1.54) is 0 Å². The van der Waals surface area contributed by atoms with Gasteiger partial charge in [-0.05, 0) is 18.2 Å². The highest BCUT2D eigenvalue weighted by Gasteiger charge is 1.93. The number of hydrogen-bond acceptors (Lipinski definition) is 3. The van der Waals surface area contributed by atoms with E-state index in [-0.39, 0.29) is 13.2 Å². The number of nitriles is 1. The van der Waals surface area contributed by atoms with Gasteiger partial charge in [0.25, 0.3) is 0 Å². The fourth-order valence-electron chi connectivity index (χ4n) is 0.882. The number of hydrogen-bond donors (Lipinski definition) is 1. The maximum absolute atomic E-state index is 8.61. The highest BCUT2D eigenvalue weighted by molar-refractivity contribution is 5.36. The summed E-state index contributed by atoms with van der Waals surface area (Å²) in [4.78, 5) is 0. The van der Waals surface area contributed by atoms with Gasteiger partial charge < -0.3 is 9.84 Å². The maximum Gasteiger partial charge on any atom is 0.149 e. The van der Waals surface area contributed by atoms with Crippen molar-refractivity contribution in [3.8, 4) is 23.7 Å². The number of rotatable bonds is 2. The molecule has 0 heterocycles. The van der Waals surface area contributed by atoms with E-state index < -0.39 is 0 Å². The molecule has 14 heavy (non-hydrogen) atoms. The Hall–Kier alpha value is -1.97. The fraction of sp³-hybridized carbons (Fsp3) is 0.182. The van der Waals surface area contributed by atoms with Crippen molar-refractivity contribution in [2.45, 2.75) is 0 Å². The van der Waals surface area contributed by atoms with Crippen molar-refractivity contribution in [2.75, 3.05) is 13.2 Å². The van der Waals surface area contributed by atoms with Crippen LogP contribution in [0.5, 0.6) is 5.75 Å². The average Bonchev–Trinajstić information content (AvgIpc) is 2.25. The second-order valence-corrected chi connectivity index (χ2v) is 2.44. The Bertz CT molecular complexity index is 396. The lowest BCUT2D eigenvalue weighted by Crippen LogP contribution is -1.94. The van der Waals surface area contributed by atoms with E-state index in [9.17, 15) is 0 Å². The zero-order valence-electron chi connectivity index (χ0n) is 7.53. The summed E-state index contributed by atoms with van der Waals surface area (Å²) in [6, 6.07) is 8.85. The molecule has 1 aromatic rings. The fourth-order valence-corrected chi connectivity index (χ4v) is 0.882. The first-order chi connectivity index (χ1) is 6.86. The van der Waals surface area contributed by atoms with Crippen molar-refractivity contribution < 1.29 is 9.84 Å². The van der Waals surface area contributed by atoms with Gasteiger partial charge in [-0.15, -0.1) is 0 Å². The molecular formula is C11H9NO2. The Labute approximate surface area is 82.6 Å². The molecule has 3 heteroatoms. The van der Waals surface area contributed by atoms with Gasteiger partial charge in [0.2, 0.25) is 0 Å². The molecule has 0 amide bonds. The van der Waals surface area contributed by atoms with Crippen LogP contribution in [0.4, 0.5) is 0 Å². The molecule has 0 saturated carbocycles. The van der Waals surface area contributed by atoms with Crippen molar-refractivity contribution in [2.24, 2.45) is 0 Å². The van der Waals surface area contributed by atoms with Crippen molar-refractivity contribution in [3.05, 3.63) is 29.8 Å². The average molecular weight is 187 g/mol. The van der Waals surface area contributed by atoms with Gasteiger partial charge in [0.05, 0.1) is 11.6 Å². The van der Waals surface area contributed by atoms with Crippen LogP contribution in [0.25, 0.3) is 0 Å². The third-order valence-corrected chi connectivity index (χ3v) is 1.48. The van der Waals surface area contributed by atoms with Gasteiger partial charge in [0.1, 0.15) is 19.0 Å². The standard InChI is InChI=1S/C11H9NO2/c12-9-10-4-3-5-11(8-10)14-7-2-1-6-13/h3-5,8,13H,6-7H2. The summed E-state index contributed by atoms with van der Waals surface area (Å²) in [5.41, 5.74) is 0.553. The number of ether oxygens (including phenoxy) is 1. The normalized spacial score (nSPS) is 8.29. The maximum atomic E-state index is 8.61. The molecule has 0 unspecified atom stereocenters. The molecule has 1 N–H and O–H groups in total. The highest BCUT2D eigenvalue weighted by atomic mass is 16.5. The van der Waals surface area contributed by atoms with Crippen LogP contribution >= 0.6 is 0 Å². The SMILES string of the molecule is N#Cc1cccc(OCC#CCO)c1. The van der Waals surface area contributed by atoms with Crippen molar-refractivity contribution >= 4 is 0 Å². The quantitative estimate of drug-likeness (QED) is 0.701. The minimum absolute atomic E-state index is 0.165. The summed E-state index contributed by atoms with van der Waals surface area (Å²) in [7, 11) is 0. The zero-order chi connectivity index (χ0) is 10.2. The van der Waals surface area contributed by atoms with Gasteiger partial charge in [0, 0.05) is 0 Å². The number of aliphatic hydroxyl groups excluding tert-OH is 1. The summed E-state index contributed by atoms with van der Waals surface area (Å²) in [6.45, 7) is 0.0526. The summed E-state index contributed by atoms with van der Waals surface area (Å²) in [6.07, 6.45) is 0. The van der Waals surface area contributed by atoms with Crippen LogP contribution in [-0.4, -0.2) is 18.3 Å². The number of benzene rings is 1. The van der Waals surface area contributed by atoms with Crippen LogP contribution in [0.3, 0.4) is 0 Å². The second kappa shape index (κ2) is 5.64. The summed E-state index contributed by atoms with van der Waals surface area (Å²) in [5, 5.41) is 17.0. The summed E-state index contributed by atoms with van der Waals surface area (Å²) >= 11 is 0. The lowest BCUT2D eigenvalue weighted by Gasteiger charge is -2.00. The van der Waals surface area contributed by atoms with Crippen molar-refractivity contribution in [1.82, 2.24) is 0 Å². The van der Waals surface area contributed by atoms with Crippen LogP contribution < -0.4 is 4.74 Å². The van der Waals surface area contributed by atoms with Crippen LogP contribution in [0.1, 0.15) is 5.56 Å². The van der Waals surface area contributed by atoms with Gasteiger partial charge in [-0.2, -0.15) is 5.26 Å². The molecule has 0 aliphatic carbocycles. The van der Waals surface area contributed by atoms with E-state index in [2.05, 4.69) is 11.8 Å². The first kappa shape index (κ1) is 10.1. The predicted molar refractivity (Wildman–Crippen MR) is 51.5 cm³/mol. The molecule has 3 nitrogen and oxygen atoms in total. The first-order valence-corrected chi connectivity index (χ1v) is 4.06. The molecular weight excluding hydrogens is 178 g/mol.